The molecule has 0 unspecified atom stereocenters. The molecule has 0 fully saturated rings. The number of nitrogens with zero attached hydrogens (tertiary/aromatic N) is 3. The SMILES string of the molecule is CCCCN(C)c1cc(C)nc(Nc2c(C)cccc2CC)n1. The molecule has 0 spiro atoms. The van der Waals surface area contributed by atoms with Gasteiger partial charge >= 0.3 is 0 Å². The summed E-state index contributed by atoms with van der Waals surface area (Å²) in [6.45, 7) is 9.52. The van der Waals surface area contributed by atoms with Crippen LogP contribution in [-0.4, -0.2) is 23.6 Å². The van der Waals surface area contributed by atoms with Crippen LogP contribution in [0.25, 0.3) is 0 Å². The summed E-state index contributed by atoms with van der Waals surface area (Å²) in [7, 11) is 2.09. The van der Waals surface area contributed by atoms with Gasteiger partial charge in [-0.05, 0) is 37.8 Å². The molecule has 4 nitrogen and oxygen atoms in total. The van der Waals surface area contributed by atoms with Gasteiger partial charge in [-0.2, -0.15) is 4.98 Å². The van der Waals surface area contributed by atoms with Crippen molar-refractivity contribution in [3.05, 3.63) is 41.1 Å². The Bertz CT molecular complexity index is 652. The van der Waals surface area contributed by atoms with Crippen molar-refractivity contribution in [3.8, 4) is 0 Å². The van der Waals surface area contributed by atoms with E-state index in [0.29, 0.717) is 5.95 Å². The molecule has 0 saturated heterocycles. The van der Waals surface area contributed by atoms with E-state index in [1.807, 2.05) is 13.0 Å². The summed E-state index contributed by atoms with van der Waals surface area (Å²) >= 11 is 0. The number of para-hydroxylation sites is 1. The average Bonchev–Trinajstić information content (AvgIpc) is 2.54. The number of nitrogens with one attached hydrogen (secondary N) is 1. The highest BCUT2D eigenvalue weighted by Crippen LogP contribution is 2.25. The van der Waals surface area contributed by atoms with Gasteiger partial charge in [0, 0.05) is 31.0 Å². The second kappa shape index (κ2) is 7.95. The maximum atomic E-state index is 4.70. The lowest BCUT2D eigenvalue weighted by Crippen LogP contribution is -2.20. The number of rotatable bonds is 7. The predicted molar refractivity (Wildman–Crippen MR) is 98.8 cm³/mol. The molecule has 1 N–H and O–H groups in total. The van der Waals surface area contributed by atoms with Crippen LogP contribution in [-0.2, 0) is 6.42 Å². The van der Waals surface area contributed by atoms with Gasteiger partial charge in [0.25, 0.3) is 0 Å². The number of hydrogen-bond acceptors (Lipinski definition) is 4. The zero-order chi connectivity index (χ0) is 16.8. The summed E-state index contributed by atoms with van der Waals surface area (Å²) in [5.74, 6) is 1.65. The molecule has 4 heteroatoms. The van der Waals surface area contributed by atoms with Crippen LogP contribution in [0.15, 0.2) is 24.3 Å². The molecule has 1 aromatic carbocycles. The summed E-state index contributed by atoms with van der Waals surface area (Å²) in [5, 5.41) is 3.44. The Balaban J connectivity index is 2.29. The highest BCUT2D eigenvalue weighted by atomic mass is 15.2. The van der Waals surface area contributed by atoms with Crippen LogP contribution in [0.4, 0.5) is 17.5 Å². The highest BCUT2D eigenvalue weighted by Gasteiger charge is 2.10. The maximum Gasteiger partial charge on any atom is 0.229 e. The van der Waals surface area contributed by atoms with Crippen molar-refractivity contribution in [2.45, 2.75) is 47.0 Å². The van der Waals surface area contributed by atoms with Crippen LogP contribution in [0.3, 0.4) is 0 Å². The molecule has 0 aliphatic heterocycles. The quantitative estimate of drug-likeness (QED) is 0.809. The predicted octanol–water partition coefficient (Wildman–Crippen LogP) is 4.64. The fourth-order valence-electron chi connectivity index (χ4n) is 2.63. The molecule has 1 aromatic heterocycles. The van der Waals surface area contributed by atoms with Crippen LogP contribution in [0.1, 0.15) is 43.5 Å². The highest BCUT2D eigenvalue weighted by molar-refractivity contribution is 5.64. The number of anilines is 3. The fourth-order valence-corrected chi connectivity index (χ4v) is 2.63. The molecule has 23 heavy (non-hydrogen) atoms. The minimum Gasteiger partial charge on any atom is -0.360 e. The average molecular weight is 312 g/mol. The van der Waals surface area contributed by atoms with E-state index < -0.39 is 0 Å². The van der Waals surface area contributed by atoms with E-state index in [-0.39, 0.29) is 0 Å². The normalized spacial score (nSPS) is 10.7. The third kappa shape index (κ3) is 4.44. The molecule has 0 radical (unpaired) electrons. The first-order valence-electron chi connectivity index (χ1n) is 8.47. The number of unbranched alkanes of at least 4 members (excludes halogenated alkanes) is 1. The zero-order valence-electron chi connectivity index (χ0n) is 15.0. The summed E-state index contributed by atoms with van der Waals surface area (Å²) in [6.07, 6.45) is 3.34. The van der Waals surface area contributed by atoms with Gasteiger partial charge in [0.1, 0.15) is 5.82 Å². The number of aromatic nitrogens is 2. The molecular weight excluding hydrogens is 284 g/mol. The molecular formula is C19H28N4. The number of hydrogen-bond donors (Lipinski definition) is 1. The van der Waals surface area contributed by atoms with Crippen LogP contribution in [0.2, 0.25) is 0 Å². The Morgan fingerprint density at radius 2 is 1.91 bits per heavy atom. The second-order valence-corrected chi connectivity index (χ2v) is 6.05. The lowest BCUT2D eigenvalue weighted by Gasteiger charge is -2.20. The van der Waals surface area contributed by atoms with Gasteiger partial charge in [-0.3, -0.25) is 0 Å². The minimum atomic E-state index is 0.673. The Morgan fingerprint density at radius 1 is 1.13 bits per heavy atom. The van der Waals surface area contributed by atoms with E-state index in [9.17, 15) is 0 Å². The van der Waals surface area contributed by atoms with E-state index in [2.05, 4.69) is 61.2 Å². The maximum absolute atomic E-state index is 4.70. The monoisotopic (exact) mass is 312 g/mol. The van der Waals surface area contributed by atoms with Crippen molar-refractivity contribution in [1.82, 2.24) is 9.97 Å². The standard InChI is InChI=1S/C19H28N4/c1-6-8-12-23(5)17-13-15(4)20-19(21-17)22-18-14(3)10-9-11-16(18)7-2/h9-11,13H,6-8,12H2,1-5H3,(H,20,21,22). The summed E-state index contributed by atoms with van der Waals surface area (Å²) < 4.78 is 0. The van der Waals surface area contributed by atoms with Gasteiger partial charge in [0.2, 0.25) is 5.95 Å². The molecule has 0 amide bonds. The van der Waals surface area contributed by atoms with Gasteiger partial charge in [-0.25, -0.2) is 4.98 Å². The van der Waals surface area contributed by atoms with Crippen LogP contribution < -0.4 is 10.2 Å². The van der Waals surface area contributed by atoms with E-state index in [4.69, 9.17) is 4.98 Å². The van der Waals surface area contributed by atoms with Crippen LogP contribution in [0.5, 0.6) is 0 Å². The Hall–Kier alpha value is -2.10. The smallest absolute Gasteiger partial charge is 0.229 e. The Kier molecular flexibility index (Phi) is 5.97. The fraction of sp³-hybridized carbons (Fsp3) is 0.474. The lowest BCUT2D eigenvalue weighted by molar-refractivity contribution is 0.758. The van der Waals surface area contributed by atoms with Crippen LogP contribution >= 0.6 is 0 Å². The first kappa shape index (κ1) is 17.3. The van der Waals surface area contributed by atoms with E-state index in [0.717, 1.165) is 30.2 Å². The Morgan fingerprint density at radius 3 is 2.61 bits per heavy atom. The van der Waals surface area contributed by atoms with Gasteiger partial charge in [0.05, 0.1) is 0 Å². The first-order chi connectivity index (χ1) is 11.0. The van der Waals surface area contributed by atoms with E-state index in [1.54, 1.807) is 0 Å². The van der Waals surface area contributed by atoms with Gasteiger partial charge in [-0.1, -0.05) is 38.5 Å². The van der Waals surface area contributed by atoms with Crippen molar-refractivity contribution >= 4 is 17.5 Å². The van der Waals surface area contributed by atoms with E-state index >= 15 is 0 Å². The summed E-state index contributed by atoms with van der Waals surface area (Å²) in [4.78, 5) is 11.5. The summed E-state index contributed by atoms with van der Waals surface area (Å²) in [6, 6.07) is 8.41. The van der Waals surface area contributed by atoms with Crippen molar-refractivity contribution in [2.24, 2.45) is 0 Å². The number of benzene rings is 1. The van der Waals surface area contributed by atoms with Crippen LogP contribution in [0, 0.1) is 13.8 Å². The molecule has 0 atom stereocenters. The molecule has 0 saturated carbocycles. The minimum absolute atomic E-state index is 0.673. The van der Waals surface area contributed by atoms with Gasteiger partial charge < -0.3 is 10.2 Å². The second-order valence-electron chi connectivity index (χ2n) is 6.05. The van der Waals surface area contributed by atoms with Crippen molar-refractivity contribution in [1.29, 1.82) is 0 Å². The molecule has 0 aliphatic carbocycles. The number of aryl methyl sites for hydroxylation is 3. The van der Waals surface area contributed by atoms with E-state index in [1.165, 1.54) is 24.0 Å². The summed E-state index contributed by atoms with van der Waals surface area (Å²) in [5.41, 5.74) is 4.61. The van der Waals surface area contributed by atoms with Crippen molar-refractivity contribution in [3.63, 3.8) is 0 Å². The lowest BCUT2D eigenvalue weighted by atomic mass is 10.1. The third-order valence-electron chi connectivity index (χ3n) is 4.06. The van der Waals surface area contributed by atoms with Crippen molar-refractivity contribution in [2.75, 3.05) is 23.8 Å². The molecule has 124 valence electrons. The molecule has 2 rings (SSSR count). The molecule has 2 aromatic rings. The molecule has 0 bridgehead atoms. The molecule has 0 aliphatic rings. The van der Waals surface area contributed by atoms with Gasteiger partial charge in [0.15, 0.2) is 0 Å². The van der Waals surface area contributed by atoms with Crippen molar-refractivity contribution < 1.29 is 0 Å². The first-order valence-corrected chi connectivity index (χ1v) is 8.47. The topological polar surface area (TPSA) is 41.1 Å². The van der Waals surface area contributed by atoms with Gasteiger partial charge in [-0.15, -0.1) is 0 Å². The Labute approximate surface area is 140 Å². The largest absolute Gasteiger partial charge is 0.360 e. The third-order valence-corrected chi connectivity index (χ3v) is 4.06. The zero-order valence-corrected chi connectivity index (χ0v) is 15.0. The molecule has 1 heterocycles.